The van der Waals surface area contributed by atoms with Crippen LogP contribution in [-0.4, -0.2) is 36.6 Å². The van der Waals surface area contributed by atoms with Crippen LogP contribution in [0.1, 0.15) is 31.4 Å². The quantitative estimate of drug-likeness (QED) is 0.892. The summed E-state index contributed by atoms with van der Waals surface area (Å²) in [6.07, 6.45) is 3.90. The molecule has 2 nitrogen and oxygen atoms in total. The van der Waals surface area contributed by atoms with Crippen LogP contribution in [0.3, 0.4) is 0 Å². The molecule has 0 aromatic heterocycles. The first kappa shape index (κ1) is 13.1. The van der Waals surface area contributed by atoms with E-state index in [1.165, 1.54) is 38.9 Å². The van der Waals surface area contributed by atoms with Crippen LogP contribution in [0.2, 0.25) is 0 Å². The Bertz CT molecular complexity index is 402. The van der Waals surface area contributed by atoms with Crippen molar-refractivity contribution in [2.75, 3.05) is 19.6 Å². The number of nitrogens with zero attached hydrogens (tertiary/aromatic N) is 1. The van der Waals surface area contributed by atoms with Gasteiger partial charge in [0.05, 0.1) is 0 Å². The Morgan fingerprint density at radius 2 is 1.89 bits per heavy atom. The fraction of sp³-hybridized carbons (Fsp3) is 0.647. The normalized spacial score (nSPS) is 24.3. The SMILES string of the molecule is CC(C)NCC1CCN(C2Cc3ccccc3C2)C1. The van der Waals surface area contributed by atoms with Crippen LogP contribution < -0.4 is 5.32 Å². The van der Waals surface area contributed by atoms with Gasteiger partial charge >= 0.3 is 0 Å². The van der Waals surface area contributed by atoms with Crippen LogP contribution in [0.5, 0.6) is 0 Å². The minimum Gasteiger partial charge on any atom is -0.314 e. The predicted octanol–water partition coefficient (Wildman–Crippen LogP) is 2.47. The highest BCUT2D eigenvalue weighted by Crippen LogP contribution is 2.29. The maximum atomic E-state index is 3.59. The summed E-state index contributed by atoms with van der Waals surface area (Å²) in [4.78, 5) is 2.73. The van der Waals surface area contributed by atoms with Gasteiger partial charge in [0.15, 0.2) is 0 Å². The van der Waals surface area contributed by atoms with Gasteiger partial charge in [0, 0.05) is 18.6 Å². The third-order valence-corrected chi connectivity index (χ3v) is 4.68. The van der Waals surface area contributed by atoms with Crippen molar-refractivity contribution in [1.82, 2.24) is 10.2 Å². The zero-order valence-electron chi connectivity index (χ0n) is 12.2. The lowest BCUT2D eigenvalue weighted by Crippen LogP contribution is -2.36. The molecule has 1 aliphatic carbocycles. The van der Waals surface area contributed by atoms with E-state index in [4.69, 9.17) is 0 Å². The molecule has 0 radical (unpaired) electrons. The lowest BCUT2D eigenvalue weighted by atomic mass is 10.1. The molecule has 1 aromatic carbocycles. The molecule has 2 aliphatic rings. The molecule has 1 fully saturated rings. The average molecular weight is 258 g/mol. The molecule has 104 valence electrons. The molecule has 0 bridgehead atoms. The van der Waals surface area contributed by atoms with Crippen molar-refractivity contribution in [2.45, 2.75) is 45.2 Å². The van der Waals surface area contributed by atoms with Crippen LogP contribution in [0, 0.1) is 5.92 Å². The second-order valence-electron chi connectivity index (χ2n) is 6.54. The highest BCUT2D eigenvalue weighted by molar-refractivity contribution is 5.33. The van der Waals surface area contributed by atoms with Crippen molar-refractivity contribution < 1.29 is 0 Å². The van der Waals surface area contributed by atoms with Gasteiger partial charge in [-0.1, -0.05) is 38.1 Å². The monoisotopic (exact) mass is 258 g/mol. The first-order valence-corrected chi connectivity index (χ1v) is 7.76. The van der Waals surface area contributed by atoms with Crippen molar-refractivity contribution in [3.05, 3.63) is 35.4 Å². The van der Waals surface area contributed by atoms with Crippen molar-refractivity contribution in [3.63, 3.8) is 0 Å². The zero-order chi connectivity index (χ0) is 13.2. The number of nitrogens with one attached hydrogen (secondary N) is 1. The Balaban J connectivity index is 1.53. The van der Waals surface area contributed by atoms with E-state index in [2.05, 4.69) is 48.3 Å². The van der Waals surface area contributed by atoms with Gasteiger partial charge in [-0.15, -0.1) is 0 Å². The van der Waals surface area contributed by atoms with Gasteiger partial charge in [-0.05, 0) is 49.4 Å². The van der Waals surface area contributed by atoms with E-state index >= 15 is 0 Å². The second-order valence-corrected chi connectivity index (χ2v) is 6.54. The number of rotatable bonds is 4. The summed E-state index contributed by atoms with van der Waals surface area (Å²) in [5.41, 5.74) is 3.16. The summed E-state index contributed by atoms with van der Waals surface area (Å²) in [5.74, 6) is 0.853. The van der Waals surface area contributed by atoms with Crippen LogP contribution in [0.15, 0.2) is 24.3 Å². The molecule has 1 aromatic rings. The summed E-state index contributed by atoms with van der Waals surface area (Å²) in [7, 11) is 0. The van der Waals surface area contributed by atoms with Crippen molar-refractivity contribution in [1.29, 1.82) is 0 Å². The number of hydrogen-bond donors (Lipinski definition) is 1. The molecule has 0 spiro atoms. The lowest BCUT2D eigenvalue weighted by Gasteiger charge is -2.24. The molecule has 1 unspecified atom stereocenters. The summed E-state index contributed by atoms with van der Waals surface area (Å²) in [5, 5.41) is 3.59. The van der Waals surface area contributed by atoms with Gasteiger partial charge in [0.25, 0.3) is 0 Å². The maximum absolute atomic E-state index is 3.59. The lowest BCUT2D eigenvalue weighted by molar-refractivity contribution is 0.239. The van der Waals surface area contributed by atoms with Crippen LogP contribution >= 0.6 is 0 Å². The van der Waals surface area contributed by atoms with Gasteiger partial charge in [-0.3, -0.25) is 4.90 Å². The highest BCUT2D eigenvalue weighted by atomic mass is 15.2. The van der Waals surface area contributed by atoms with E-state index in [0.29, 0.717) is 6.04 Å². The average Bonchev–Trinajstić information content (AvgIpc) is 3.02. The van der Waals surface area contributed by atoms with Crippen LogP contribution in [0.25, 0.3) is 0 Å². The molecule has 1 heterocycles. The van der Waals surface area contributed by atoms with E-state index in [1.54, 1.807) is 11.1 Å². The Morgan fingerprint density at radius 3 is 2.53 bits per heavy atom. The minimum absolute atomic E-state index is 0.616. The van der Waals surface area contributed by atoms with Gasteiger partial charge in [0.2, 0.25) is 0 Å². The number of benzene rings is 1. The molecule has 1 atom stereocenters. The van der Waals surface area contributed by atoms with E-state index in [0.717, 1.165) is 12.0 Å². The van der Waals surface area contributed by atoms with E-state index < -0.39 is 0 Å². The third kappa shape index (κ3) is 3.01. The molecular weight excluding hydrogens is 232 g/mol. The molecular formula is C17H26N2. The van der Waals surface area contributed by atoms with E-state index in [9.17, 15) is 0 Å². The highest BCUT2D eigenvalue weighted by Gasteiger charge is 2.31. The van der Waals surface area contributed by atoms with Gasteiger partial charge in [0.1, 0.15) is 0 Å². The first-order chi connectivity index (χ1) is 9.22. The summed E-state index contributed by atoms with van der Waals surface area (Å²) in [6, 6.07) is 10.4. The summed E-state index contributed by atoms with van der Waals surface area (Å²) >= 11 is 0. The maximum Gasteiger partial charge on any atom is 0.0176 e. The zero-order valence-corrected chi connectivity index (χ0v) is 12.2. The number of fused-ring (bicyclic) bond motifs is 1. The summed E-state index contributed by atoms with van der Waals surface area (Å²) < 4.78 is 0. The molecule has 0 amide bonds. The Kier molecular flexibility index (Phi) is 3.90. The standard InChI is InChI=1S/C17H26N2/c1-13(2)18-11-14-7-8-19(12-14)17-9-15-5-3-4-6-16(15)10-17/h3-6,13-14,17-18H,7-12H2,1-2H3. The molecule has 19 heavy (non-hydrogen) atoms. The largest absolute Gasteiger partial charge is 0.314 e. The molecule has 1 N–H and O–H groups in total. The fourth-order valence-electron chi connectivity index (χ4n) is 3.56. The van der Waals surface area contributed by atoms with E-state index in [1.807, 2.05) is 0 Å². The first-order valence-electron chi connectivity index (χ1n) is 7.76. The van der Waals surface area contributed by atoms with Gasteiger partial charge < -0.3 is 5.32 Å². The molecule has 1 aliphatic heterocycles. The molecule has 2 heteroatoms. The smallest absolute Gasteiger partial charge is 0.0176 e. The fourth-order valence-corrected chi connectivity index (χ4v) is 3.56. The molecule has 1 saturated heterocycles. The molecule has 3 rings (SSSR count). The Hall–Kier alpha value is -0.860. The number of likely N-dealkylation sites (tertiary alicyclic amines) is 1. The summed E-state index contributed by atoms with van der Waals surface area (Å²) in [6.45, 7) is 8.25. The van der Waals surface area contributed by atoms with Crippen LogP contribution in [-0.2, 0) is 12.8 Å². The minimum atomic E-state index is 0.616. The van der Waals surface area contributed by atoms with Crippen molar-refractivity contribution in [2.24, 2.45) is 5.92 Å². The Labute approximate surface area is 117 Å². The second kappa shape index (κ2) is 5.64. The van der Waals surface area contributed by atoms with E-state index in [-0.39, 0.29) is 0 Å². The topological polar surface area (TPSA) is 15.3 Å². The van der Waals surface area contributed by atoms with Crippen molar-refractivity contribution >= 4 is 0 Å². The molecule has 0 saturated carbocycles. The van der Waals surface area contributed by atoms with Crippen LogP contribution in [0.4, 0.5) is 0 Å². The predicted molar refractivity (Wildman–Crippen MR) is 80.5 cm³/mol. The van der Waals surface area contributed by atoms with Crippen molar-refractivity contribution in [3.8, 4) is 0 Å². The third-order valence-electron chi connectivity index (χ3n) is 4.68. The van der Waals surface area contributed by atoms with Gasteiger partial charge in [-0.25, -0.2) is 0 Å². The van der Waals surface area contributed by atoms with Gasteiger partial charge in [-0.2, -0.15) is 0 Å². The Morgan fingerprint density at radius 1 is 1.21 bits per heavy atom. The number of hydrogen-bond acceptors (Lipinski definition) is 2.